The van der Waals surface area contributed by atoms with Gasteiger partial charge in [0.2, 0.25) is 5.88 Å². The Bertz CT molecular complexity index is 1630. The summed E-state index contributed by atoms with van der Waals surface area (Å²) >= 11 is 0. The van der Waals surface area contributed by atoms with E-state index in [-0.39, 0.29) is 30.5 Å². The molecule has 5 rings (SSSR count). The van der Waals surface area contributed by atoms with Crippen molar-refractivity contribution in [1.82, 2.24) is 14.8 Å². The van der Waals surface area contributed by atoms with Gasteiger partial charge in [-0.1, -0.05) is 97.1 Å². The van der Waals surface area contributed by atoms with E-state index in [0.717, 1.165) is 77.0 Å². The first-order chi connectivity index (χ1) is 23.9. The van der Waals surface area contributed by atoms with E-state index in [1.54, 1.807) is 0 Å². The first kappa shape index (κ1) is 36.8. The molecule has 49 heavy (non-hydrogen) atoms. The Morgan fingerprint density at radius 2 is 1.65 bits per heavy atom. The van der Waals surface area contributed by atoms with E-state index in [4.69, 9.17) is 19.6 Å². The Morgan fingerprint density at radius 1 is 0.959 bits per heavy atom. The van der Waals surface area contributed by atoms with Crippen molar-refractivity contribution in [3.05, 3.63) is 54.1 Å². The van der Waals surface area contributed by atoms with E-state index in [0.29, 0.717) is 18.9 Å². The van der Waals surface area contributed by atoms with Crippen LogP contribution in [0.2, 0.25) is 0 Å². The molecule has 0 aliphatic carbocycles. The lowest BCUT2D eigenvalue weighted by molar-refractivity contribution is -0.137. The number of halogens is 1. The maximum absolute atomic E-state index is 14.1. The Kier molecular flexibility index (Phi) is 13.9. The molecule has 266 valence electrons. The maximum Gasteiger partial charge on any atom is 0.303 e. The second kappa shape index (κ2) is 18.5. The Hall–Kier alpha value is -3.52. The number of aliphatic carboxylic acids is 1. The molecule has 3 heterocycles. The predicted molar refractivity (Wildman–Crippen MR) is 196 cm³/mol. The molecule has 1 fully saturated rings. The summed E-state index contributed by atoms with van der Waals surface area (Å²) < 4.78 is 28.9. The van der Waals surface area contributed by atoms with Crippen molar-refractivity contribution in [1.29, 1.82) is 0 Å². The van der Waals surface area contributed by atoms with Crippen LogP contribution in [0.1, 0.15) is 148 Å². The van der Waals surface area contributed by atoms with Crippen molar-refractivity contribution in [2.75, 3.05) is 6.61 Å². The summed E-state index contributed by atoms with van der Waals surface area (Å²) in [4.78, 5) is 16.9. The molecule has 1 aliphatic heterocycles. The standard InChI is InChI=1S/C41H56FN3O4/c1-4-5-6-7-8-9-10-11-12-13-14-17-33(23-24-38(46)47)49-41-35-27-36-31(28-43-45(36)37-18-15-16-25-48-37)26-34(35)39(40(44-41)29(2)3)30-19-21-32(42)22-20-30/h19-22,26-29,33,37H,4-18,23-25H2,1-3H3,(H,46,47). The van der Waals surface area contributed by atoms with Gasteiger partial charge in [0.05, 0.1) is 17.4 Å². The molecule has 0 radical (unpaired) electrons. The third-order valence-electron chi connectivity index (χ3n) is 9.91. The predicted octanol–water partition coefficient (Wildman–Crippen LogP) is 11.5. The molecule has 0 bridgehead atoms. The summed E-state index contributed by atoms with van der Waals surface area (Å²) in [7, 11) is 0. The minimum absolute atomic E-state index is 0.0430. The van der Waals surface area contributed by atoms with Crippen molar-refractivity contribution < 1.29 is 23.8 Å². The second-order valence-electron chi connectivity index (χ2n) is 14.2. The van der Waals surface area contributed by atoms with E-state index >= 15 is 0 Å². The van der Waals surface area contributed by atoms with Crippen LogP contribution in [-0.4, -0.2) is 38.6 Å². The van der Waals surface area contributed by atoms with Gasteiger partial charge in [-0.25, -0.2) is 14.1 Å². The monoisotopic (exact) mass is 673 g/mol. The van der Waals surface area contributed by atoms with E-state index in [2.05, 4.69) is 32.9 Å². The van der Waals surface area contributed by atoms with Gasteiger partial charge in [0, 0.05) is 29.4 Å². The highest BCUT2D eigenvalue weighted by atomic mass is 19.1. The van der Waals surface area contributed by atoms with Gasteiger partial charge >= 0.3 is 5.97 Å². The summed E-state index contributed by atoms with van der Waals surface area (Å²) in [6.07, 6.45) is 19.6. The molecule has 0 saturated carbocycles. The van der Waals surface area contributed by atoms with E-state index in [1.807, 2.05) is 23.0 Å². The van der Waals surface area contributed by atoms with E-state index in [1.165, 1.54) is 69.9 Å². The number of nitrogens with zero attached hydrogens (tertiary/aromatic N) is 3. The van der Waals surface area contributed by atoms with Crippen molar-refractivity contribution in [2.24, 2.45) is 0 Å². The van der Waals surface area contributed by atoms with Crippen LogP contribution in [-0.2, 0) is 9.53 Å². The zero-order chi connectivity index (χ0) is 34.6. The molecule has 1 N–H and O–H groups in total. The Balaban J connectivity index is 1.43. The molecule has 4 aromatic rings. The largest absolute Gasteiger partial charge is 0.481 e. The highest BCUT2D eigenvalue weighted by Crippen LogP contribution is 2.42. The fourth-order valence-electron chi connectivity index (χ4n) is 7.16. The smallest absolute Gasteiger partial charge is 0.303 e. The number of ether oxygens (including phenoxy) is 2. The van der Waals surface area contributed by atoms with Crippen molar-refractivity contribution in [3.63, 3.8) is 0 Å². The van der Waals surface area contributed by atoms with Crippen LogP contribution in [0.15, 0.2) is 42.6 Å². The van der Waals surface area contributed by atoms with Crippen LogP contribution in [0.3, 0.4) is 0 Å². The number of aromatic nitrogens is 3. The quantitative estimate of drug-likeness (QED) is 0.0940. The number of unbranched alkanes of at least 4 members (excludes halogenated alkanes) is 10. The molecule has 2 aromatic heterocycles. The van der Waals surface area contributed by atoms with Gasteiger partial charge in [-0.3, -0.25) is 4.79 Å². The van der Waals surface area contributed by atoms with Crippen molar-refractivity contribution >= 4 is 27.6 Å². The highest BCUT2D eigenvalue weighted by Gasteiger charge is 2.25. The number of fused-ring (bicyclic) bond motifs is 2. The molecule has 2 atom stereocenters. The van der Waals surface area contributed by atoms with Gasteiger partial charge in [0.25, 0.3) is 0 Å². The molecule has 1 aliphatic rings. The minimum atomic E-state index is -0.821. The Morgan fingerprint density at radius 3 is 2.29 bits per heavy atom. The number of hydrogen-bond acceptors (Lipinski definition) is 5. The molecule has 0 spiro atoms. The molecular weight excluding hydrogens is 617 g/mol. The van der Waals surface area contributed by atoms with Crippen LogP contribution in [0.25, 0.3) is 32.8 Å². The fourth-order valence-corrected chi connectivity index (χ4v) is 7.16. The molecular formula is C41H56FN3O4. The maximum atomic E-state index is 14.1. The lowest BCUT2D eigenvalue weighted by atomic mass is 9.92. The van der Waals surface area contributed by atoms with Crippen LogP contribution >= 0.6 is 0 Å². The highest BCUT2D eigenvalue weighted by molar-refractivity contribution is 6.06. The van der Waals surface area contributed by atoms with Gasteiger partial charge in [-0.05, 0) is 79.7 Å². The average molecular weight is 674 g/mol. The normalized spacial score (nSPS) is 15.7. The SMILES string of the molecule is CCCCCCCCCCCCCC(CCC(=O)O)Oc1nc(C(C)C)c(-c2ccc(F)cc2)c2cc3cnn(C4CCCCO4)c3cc12. The number of rotatable bonds is 20. The van der Waals surface area contributed by atoms with E-state index < -0.39 is 5.97 Å². The second-order valence-corrected chi connectivity index (χ2v) is 14.2. The van der Waals surface area contributed by atoms with Crippen LogP contribution in [0.5, 0.6) is 5.88 Å². The molecule has 1 saturated heterocycles. The molecule has 7 nitrogen and oxygen atoms in total. The fraction of sp³-hybridized carbons (Fsp3) is 0.585. The molecule has 2 aromatic carbocycles. The van der Waals surface area contributed by atoms with Crippen LogP contribution < -0.4 is 4.74 Å². The zero-order valence-electron chi connectivity index (χ0n) is 29.9. The topological polar surface area (TPSA) is 86.5 Å². The summed E-state index contributed by atoms with van der Waals surface area (Å²) in [5.74, 6) is -0.530. The van der Waals surface area contributed by atoms with E-state index in [9.17, 15) is 14.3 Å². The average Bonchev–Trinajstić information content (AvgIpc) is 3.52. The van der Waals surface area contributed by atoms with Gasteiger partial charge in [0.15, 0.2) is 6.23 Å². The summed E-state index contributed by atoms with van der Waals surface area (Å²) in [6.45, 7) is 7.18. The van der Waals surface area contributed by atoms with Gasteiger partial charge in [0.1, 0.15) is 11.9 Å². The van der Waals surface area contributed by atoms with Gasteiger partial charge in [-0.2, -0.15) is 5.10 Å². The summed E-state index contributed by atoms with van der Waals surface area (Å²) in [5, 5.41) is 17.1. The van der Waals surface area contributed by atoms with Gasteiger partial charge < -0.3 is 14.6 Å². The molecule has 0 amide bonds. The molecule has 2 unspecified atom stereocenters. The zero-order valence-corrected chi connectivity index (χ0v) is 29.9. The van der Waals surface area contributed by atoms with Crippen LogP contribution in [0.4, 0.5) is 4.39 Å². The third kappa shape index (κ3) is 10.0. The van der Waals surface area contributed by atoms with Crippen molar-refractivity contribution in [2.45, 2.75) is 148 Å². The Labute approximate surface area is 291 Å². The lowest BCUT2D eigenvalue weighted by Gasteiger charge is -2.24. The first-order valence-corrected chi connectivity index (χ1v) is 19.0. The number of pyridine rings is 1. The number of hydrogen-bond donors (Lipinski definition) is 1. The van der Waals surface area contributed by atoms with Crippen molar-refractivity contribution in [3.8, 4) is 17.0 Å². The third-order valence-corrected chi connectivity index (χ3v) is 9.91. The lowest BCUT2D eigenvalue weighted by Crippen LogP contribution is -2.20. The summed E-state index contributed by atoms with van der Waals surface area (Å²) in [6, 6.07) is 10.8. The number of carboxylic acid groups (broad SMARTS) is 1. The molecule has 8 heteroatoms. The number of carbonyl (C=O) groups is 1. The first-order valence-electron chi connectivity index (χ1n) is 19.0. The number of carboxylic acids is 1. The number of benzene rings is 2. The van der Waals surface area contributed by atoms with Gasteiger partial charge in [-0.15, -0.1) is 0 Å². The minimum Gasteiger partial charge on any atom is -0.481 e. The van der Waals surface area contributed by atoms with Crippen LogP contribution in [0, 0.1) is 5.82 Å². The summed E-state index contributed by atoms with van der Waals surface area (Å²) in [5.41, 5.74) is 3.65.